The molecule has 0 aromatic heterocycles. The SMILES string of the molecule is C#CCNC(=O)N1CCN(S(=O)(=O)c2ccc(C(C)=O)cc2)CC1. The minimum atomic E-state index is -3.64. The van der Waals surface area contributed by atoms with Crippen molar-refractivity contribution in [2.24, 2.45) is 0 Å². The molecule has 0 atom stereocenters. The number of rotatable bonds is 4. The van der Waals surface area contributed by atoms with Crippen LogP contribution in [-0.4, -0.2) is 62.2 Å². The van der Waals surface area contributed by atoms with Crippen molar-refractivity contribution in [1.82, 2.24) is 14.5 Å². The van der Waals surface area contributed by atoms with Gasteiger partial charge in [0.2, 0.25) is 10.0 Å². The van der Waals surface area contributed by atoms with Gasteiger partial charge in [-0.1, -0.05) is 18.1 Å². The Bertz CT molecular complexity index is 758. The van der Waals surface area contributed by atoms with E-state index < -0.39 is 10.0 Å². The van der Waals surface area contributed by atoms with Gasteiger partial charge in [0, 0.05) is 31.7 Å². The van der Waals surface area contributed by atoms with Crippen LogP contribution >= 0.6 is 0 Å². The number of nitrogens with one attached hydrogen (secondary N) is 1. The van der Waals surface area contributed by atoms with Gasteiger partial charge in [0.1, 0.15) is 0 Å². The molecule has 2 rings (SSSR count). The standard InChI is InChI=1S/C16H19N3O4S/c1-3-8-17-16(21)18-9-11-19(12-10-18)24(22,23)15-6-4-14(5-7-15)13(2)20/h1,4-7H,8-12H2,2H3,(H,17,21). The molecule has 0 bridgehead atoms. The Labute approximate surface area is 141 Å². The van der Waals surface area contributed by atoms with Gasteiger partial charge >= 0.3 is 6.03 Å². The van der Waals surface area contributed by atoms with E-state index in [-0.39, 0.29) is 36.3 Å². The summed E-state index contributed by atoms with van der Waals surface area (Å²) in [6, 6.07) is 5.56. The second-order valence-corrected chi connectivity index (χ2v) is 7.27. The van der Waals surface area contributed by atoms with E-state index in [2.05, 4.69) is 11.2 Å². The van der Waals surface area contributed by atoms with Crippen molar-refractivity contribution in [3.8, 4) is 12.3 Å². The number of hydrogen-bond donors (Lipinski definition) is 1. The Morgan fingerprint density at radius 1 is 1.17 bits per heavy atom. The number of nitrogens with zero attached hydrogens (tertiary/aromatic N) is 2. The summed E-state index contributed by atoms with van der Waals surface area (Å²) in [6.07, 6.45) is 5.09. The van der Waals surface area contributed by atoms with E-state index in [1.165, 1.54) is 40.4 Å². The summed E-state index contributed by atoms with van der Waals surface area (Å²) in [5.41, 5.74) is 0.462. The molecule has 1 fully saturated rings. The van der Waals surface area contributed by atoms with Gasteiger partial charge in [-0.2, -0.15) is 4.31 Å². The number of ketones is 1. The fraction of sp³-hybridized carbons (Fsp3) is 0.375. The first-order valence-electron chi connectivity index (χ1n) is 7.43. The predicted molar refractivity (Wildman–Crippen MR) is 89.0 cm³/mol. The number of amides is 2. The molecule has 0 saturated carbocycles. The molecule has 1 saturated heterocycles. The third kappa shape index (κ3) is 3.93. The molecule has 1 aromatic rings. The fourth-order valence-electron chi connectivity index (χ4n) is 2.38. The van der Waals surface area contributed by atoms with Crippen LogP contribution in [0.5, 0.6) is 0 Å². The Morgan fingerprint density at radius 2 is 1.75 bits per heavy atom. The molecule has 0 spiro atoms. The van der Waals surface area contributed by atoms with E-state index in [0.29, 0.717) is 18.7 Å². The van der Waals surface area contributed by atoms with Crippen LogP contribution in [0.3, 0.4) is 0 Å². The lowest BCUT2D eigenvalue weighted by molar-refractivity contribution is 0.101. The molecule has 8 heteroatoms. The van der Waals surface area contributed by atoms with Crippen molar-refractivity contribution < 1.29 is 18.0 Å². The highest BCUT2D eigenvalue weighted by Gasteiger charge is 2.30. The number of terminal acetylenes is 1. The Morgan fingerprint density at radius 3 is 2.25 bits per heavy atom. The summed E-state index contributed by atoms with van der Waals surface area (Å²) in [6.45, 7) is 2.57. The number of Topliss-reactive ketones (excluding diaryl/α,β-unsaturated/α-hetero) is 1. The summed E-state index contributed by atoms with van der Waals surface area (Å²) >= 11 is 0. The van der Waals surface area contributed by atoms with Crippen LogP contribution in [0.1, 0.15) is 17.3 Å². The first kappa shape index (κ1) is 18.0. The number of urea groups is 1. The van der Waals surface area contributed by atoms with Crippen molar-refractivity contribution >= 4 is 21.8 Å². The van der Waals surface area contributed by atoms with Crippen LogP contribution in [0.2, 0.25) is 0 Å². The van der Waals surface area contributed by atoms with Gasteiger partial charge in [0.15, 0.2) is 5.78 Å². The third-order valence-corrected chi connectivity index (χ3v) is 5.68. The first-order valence-corrected chi connectivity index (χ1v) is 8.87. The monoisotopic (exact) mass is 349 g/mol. The number of carbonyl (C=O) groups excluding carboxylic acids is 2. The molecule has 7 nitrogen and oxygen atoms in total. The summed E-state index contributed by atoms with van der Waals surface area (Å²) in [7, 11) is -3.64. The van der Waals surface area contributed by atoms with E-state index in [9.17, 15) is 18.0 Å². The van der Waals surface area contributed by atoms with E-state index in [4.69, 9.17) is 6.42 Å². The molecule has 128 valence electrons. The number of hydrogen-bond acceptors (Lipinski definition) is 4. The lowest BCUT2D eigenvalue weighted by Crippen LogP contribution is -2.53. The van der Waals surface area contributed by atoms with Crippen molar-refractivity contribution in [2.75, 3.05) is 32.7 Å². The quantitative estimate of drug-likeness (QED) is 0.635. The smallest absolute Gasteiger partial charge is 0.318 e. The van der Waals surface area contributed by atoms with Gasteiger partial charge < -0.3 is 10.2 Å². The summed E-state index contributed by atoms with van der Waals surface area (Å²) in [5.74, 6) is 2.20. The Balaban J connectivity index is 2.03. The third-order valence-electron chi connectivity index (χ3n) is 3.77. The van der Waals surface area contributed by atoms with Crippen LogP contribution in [0, 0.1) is 12.3 Å². The lowest BCUT2D eigenvalue weighted by atomic mass is 10.2. The maximum absolute atomic E-state index is 12.6. The fourth-order valence-corrected chi connectivity index (χ4v) is 3.80. The molecular weight excluding hydrogens is 330 g/mol. The predicted octanol–water partition coefficient (Wildman–Crippen LogP) is 0.538. The maximum atomic E-state index is 12.6. The van der Waals surface area contributed by atoms with Gasteiger partial charge in [-0.05, 0) is 19.1 Å². The zero-order chi connectivity index (χ0) is 17.7. The molecule has 1 aromatic carbocycles. The number of piperazine rings is 1. The van der Waals surface area contributed by atoms with Gasteiger partial charge in [0.25, 0.3) is 0 Å². The van der Waals surface area contributed by atoms with E-state index >= 15 is 0 Å². The van der Waals surface area contributed by atoms with Crippen LogP contribution in [0.15, 0.2) is 29.2 Å². The Kier molecular flexibility index (Phi) is 5.59. The van der Waals surface area contributed by atoms with Crippen LogP contribution in [-0.2, 0) is 10.0 Å². The number of sulfonamides is 1. The van der Waals surface area contributed by atoms with E-state index in [0.717, 1.165) is 0 Å². The van der Waals surface area contributed by atoms with Gasteiger partial charge in [-0.3, -0.25) is 4.79 Å². The normalized spacial score (nSPS) is 15.6. The number of benzene rings is 1. The maximum Gasteiger partial charge on any atom is 0.318 e. The Hall–Kier alpha value is -2.37. The zero-order valence-corrected chi connectivity index (χ0v) is 14.2. The molecule has 1 heterocycles. The van der Waals surface area contributed by atoms with E-state index in [1.54, 1.807) is 0 Å². The molecule has 1 N–H and O–H groups in total. The van der Waals surface area contributed by atoms with E-state index in [1.807, 2.05) is 0 Å². The van der Waals surface area contributed by atoms with Crippen LogP contribution in [0.4, 0.5) is 4.79 Å². The zero-order valence-electron chi connectivity index (χ0n) is 13.4. The van der Waals surface area contributed by atoms with Crippen LogP contribution in [0.25, 0.3) is 0 Å². The van der Waals surface area contributed by atoms with Gasteiger partial charge in [-0.15, -0.1) is 6.42 Å². The topological polar surface area (TPSA) is 86.8 Å². The average molecular weight is 349 g/mol. The minimum absolute atomic E-state index is 0.120. The summed E-state index contributed by atoms with van der Waals surface area (Å²) in [4.78, 5) is 24.7. The minimum Gasteiger partial charge on any atom is -0.327 e. The second-order valence-electron chi connectivity index (χ2n) is 5.33. The molecule has 0 aliphatic carbocycles. The first-order chi connectivity index (χ1) is 11.4. The van der Waals surface area contributed by atoms with Crippen molar-refractivity contribution in [3.63, 3.8) is 0 Å². The van der Waals surface area contributed by atoms with Crippen molar-refractivity contribution in [2.45, 2.75) is 11.8 Å². The molecule has 1 aliphatic heterocycles. The molecule has 0 unspecified atom stereocenters. The number of carbonyl (C=O) groups is 2. The van der Waals surface area contributed by atoms with Crippen molar-refractivity contribution in [1.29, 1.82) is 0 Å². The average Bonchev–Trinajstić information content (AvgIpc) is 2.59. The molecule has 24 heavy (non-hydrogen) atoms. The molecule has 1 aliphatic rings. The summed E-state index contributed by atoms with van der Waals surface area (Å²) < 4.78 is 26.6. The summed E-state index contributed by atoms with van der Waals surface area (Å²) in [5, 5.41) is 2.56. The second kappa shape index (κ2) is 7.47. The lowest BCUT2D eigenvalue weighted by Gasteiger charge is -2.33. The molecule has 2 amide bonds. The largest absolute Gasteiger partial charge is 0.327 e. The van der Waals surface area contributed by atoms with Gasteiger partial charge in [-0.25, -0.2) is 13.2 Å². The van der Waals surface area contributed by atoms with Gasteiger partial charge in [0.05, 0.1) is 11.4 Å². The van der Waals surface area contributed by atoms with Crippen LogP contribution < -0.4 is 5.32 Å². The molecular formula is C16H19N3O4S. The highest BCUT2D eigenvalue weighted by molar-refractivity contribution is 7.89. The molecule has 0 radical (unpaired) electrons. The highest BCUT2D eigenvalue weighted by atomic mass is 32.2. The van der Waals surface area contributed by atoms with Crippen molar-refractivity contribution in [3.05, 3.63) is 29.8 Å². The highest BCUT2D eigenvalue weighted by Crippen LogP contribution is 2.18.